The minimum atomic E-state index is -0.263. The number of amides is 3. The summed E-state index contributed by atoms with van der Waals surface area (Å²) in [7, 11) is 3.32. The Morgan fingerprint density at radius 2 is 2.00 bits per heavy atom. The fourth-order valence-corrected chi connectivity index (χ4v) is 1.78. The van der Waals surface area contributed by atoms with Crippen LogP contribution in [0.2, 0.25) is 0 Å². The van der Waals surface area contributed by atoms with E-state index in [4.69, 9.17) is 0 Å². The van der Waals surface area contributed by atoms with E-state index in [0.29, 0.717) is 17.9 Å². The molecule has 1 aromatic heterocycles. The van der Waals surface area contributed by atoms with Crippen LogP contribution in [-0.4, -0.2) is 42.5 Å². The molecule has 1 heterocycles. The van der Waals surface area contributed by atoms with Crippen LogP contribution >= 0.6 is 0 Å². The number of nitrogens with one attached hydrogen (secondary N) is 2. The molecular weight excluding hydrogens is 268 g/mol. The number of unbranched alkanes of at least 4 members (excludes halogenated alkanes) is 3. The molecule has 0 aromatic carbocycles. The first-order valence-electron chi connectivity index (χ1n) is 7.27. The van der Waals surface area contributed by atoms with Crippen LogP contribution < -0.4 is 10.6 Å². The van der Waals surface area contributed by atoms with Gasteiger partial charge in [-0.15, -0.1) is 0 Å². The van der Waals surface area contributed by atoms with Gasteiger partial charge in [-0.25, -0.2) is 4.79 Å². The van der Waals surface area contributed by atoms with Crippen molar-refractivity contribution in [3.63, 3.8) is 0 Å². The third-order valence-corrected chi connectivity index (χ3v) is 2.96. The summed E-state index contributed by atoms with van der Waals surface area (Å²) in [4.78, 5) is 29.0. The van der Waals surface area contributed by atoms with Crippen LogP contribution in [0, 0.1) is 0 Å². The fourth-order valence-electron chi connectivity index (χ4n) is 1.78. The summed E-state index contributed by atoms with van der Waals surface area (Å²) in [5, 5.41) is 5.50. The van der Waals surface area contributed by atoms with Gasteiger partial charge in [0, 0.05) is 32.5 Å². The van der Waals surface area contributed by atoms with Gasteiger partial charge in [-0.3, -0.25) is 9.78 Å². The third-order valence-electron chi connectivity index (χ3n) is 2.96. The van der Waals surface area contributed by atoms with Gasteiger partial charge in [0.2, 0.25) is 0 Å². The first-order chi connectivity index (χ1) is 10.0. The molecule has 0 fully saturated rings. The van der Waals surface area contributed by atoms with Gasteiger partial charge in [0.25, 0.3) is 5.91 Å². The second-order valence-electron chi connectivity index (χ2n) is 5.07. The van der Waals surface area contributed by atoms with Gasteiger partial charge in [0.1, 0.15) is 5.69 Å². The Balaban J connectivity index is 2.45. The monoisotopic (exact) mass is 292 g/mol. The summed E-state index contributed by atoms with van der Waals surface area (Å²) < 4.78 is 0. The van der Waals surface area contributed by atoms with Crippen LogP contribution in [0.4, 0.5) is 10.5 Å². The molecule has 1 rings (SSSR count). The molecule has 0 spiro atoms. The summed E-state index contributed by atoms with van der Waals surface area (Å²) in [5.74, 6) is -0.196. The molecule has 0 unspecified atom stereocenters. The van der Waals surface area contributed by atoms with Crippen molar-refractivity contribution in [2.45, 2.75) is 32.6 Å². The third kappa shape index (κ3) is 6.25. The van der Waals surface area contributed by atoms with Crippen molar-refractivity contribution in [3.8, 4) is 0 Å². The summed E-state index contributed by atoms with van der Waals surface area (Å²) in [6.07, 6.45) is 5.96. The highest BCUT2D eigenvalue weighted by molar-refractivity contribution is 5.94. The van der Waals surface area contributed by atoms with Crippen LogP contribution in [0.3, 0.4) is 0 Å². The number of hydrogen-bond acceptors (Lipinski definition) is 3. The van der Waals surface area contributed by atoms with E-state index in [0.717, 1.165) is 12.8 Å². The molecule has 0 saturated heterocycles. The maximum absolute atomic E-state index is 11.8. The van der Waals surface area contributed by atoms with Gasteiger partial charge in [-0.1, -0.05) is 26.2 Å². The first-order valence-corrected chi connectivity index (χ1v) is 7.27. The molecule has 1 aromatic rings. The second kappa shape index (κ2) is 8.94. The van der Waals surface area contributed by atoms with E-state index in [1.54, 1.807) is 26.2 Å². The maximum Gasteiger partial charge on any atom is 0.319 e. The lowest BCUT2D eigenvalue weighted by Crippen LogP contribution is -2.29. The number of hydrogen-bond donors (Lipinski definition) is 2. The highest BCUT2D eigenvalue weighted by Crippen LogP contribution is 2.09. The molecule has 0 aliphatic carbocycles. The SMILES string of the molecule is CCCCCCNC(=O)Nc1ccnc(C(=O)N(C)C)c1. The van der Waals surface area contributed by atoms with Crippen molar-refractivity contribution in [1.29, 1.82) is 0 Å². The number of carbonyl (C=O) groups is 2. The van der Waals surface area contributed by atoms with Crippen LogP contribution in [-0.2, 0) is 0 Å². The molecule has 3 amide bonds. The summed E-state index contributed by atoms with van der Waals surface area (Å²) in [5.41, 5.74) is 0.863. The minimum absolute atomic E-state index is 0.196. The van der Waals surface area contributed by atoms with E-state index in [1.807, 2.05) is 0 Å². The number of urea groups is 1. The van der Waals surface area contributed by atoms with Crippen molar-refractivity contribution in [1.82, 2.24) is 15.2 Å². The summed E-state index contributed by atoms with van der Waals surface area (Å²) in [6, 6.07) is 2.96. The number of carbonyl (C=O) groups excluding carboxylic acids is 2. The Hall–Kier alpha value is -2.11. The fraction of sp³-hybridized carbons (Fsp3) is 0.533. The smallest absolute Gasteiger partial charge is 0.319 e. The van der Waals surface area contributed by atoms with Crippen molar-refractivity contribution in [2.75, 3.05) is 26.0 Å². The van der Waals surface area contributed by atoms with Gasteiger partial charge in [-0.05, 0) is 18.6 Å². The average molecular weight is 292 g/mol. The van der Waals surface area contributed by atoms with Gasteiger partial charge in [0.05, 0.1) is 0 Å². The lowest BCUT2D eigenvalue weighted by Gasteiger charge is -2.11. The molecule has 0 bridgehead atoms. The van der Waals surface area contributed by atoms with Gasteiger partial charge in [-0.2, -0.15) is 0 Å². The molecular formula is C15H24N4O2. The number of nitrogens with zero attached hydrogens (tertiary/aromatic N) is 2. The Morgan fingerprint density at radius 1 is 1.24 bits per heavy atom. The number of aromatic nitrogens is 1. The van der Waals surface area contributed by atoms with E-state index < -0.39 is 0 Å². The highest BCUT2D eigenvalue weighted by atomic mass is 16.2. The second-order valence-corrected chi connectivity index (χ2v) is 5.07. The zero-order chi connectivity index (χ0) is 15.7. The normalized spacial score (nSPS) is 10.0. The molecule has 21 heavy (non-hydrogen) atoms. The standard InChI is InChI=1S/C15H24N4O2/c1-4-5-6-7-9-17-15(21)18-12-8-10-16-13(11-12)14(20)19(2)3/h8,10-11H,4-7,9H2,1-3H3,(H2,16,17,18,21). The van der Waals surface area contributed by atoms with E-state index >= 15 is 0 Å². The molecule has 0 radical (unpaired) electrons. The molecule has 0 atom stereocenters. The molecule has 2 N–H and O–H groups in total. The number of anilines is 1. The highest BCUT2D eigenvalue weighted by Gasteiger charge is 2.10. The van der Waals surface area contributed by atoms with E-state index in [-0.39, 0.29) is 11.9 Å². The molecule has 0 saturated carbocycles. The minimum Gasteiger partial charge on any atom is -0.343 e. The van der Waals surface area contributed by atoms with Gasteiger partial charge < -0.3 is 15.5 Å². The summed E-state index contributed by atoms with van der Waals surface area (Å²) in [6.45, 7) is 2.80. The lowest BCUT2D eigenvalue weighted by atomic mass is 10.2. The topological polar surface area (TPSA) is 74.3 Å². The largest absolute Gasteiger partial charge is 0.343 e. The van der Waals surface area contributed by atoms with Crippen LogP contribution in [0.5, 0.6) is 0 Å². The molecule has 0 aliphatic heterocycles. The maximum atomic E-state index is 11.8. The lowest BCUT2D eigenvalue weighted by molar-refractivity contribution is 0.0822. The predicted octanol–water partition coefficient (Wildman–Crippen LogP) is 2.49. The van der Waals surface area contributed by atoms with Crippen molar-refractivity contribution in [2.24, 2.45) is 0 Å². The van der Waals surface area contributed by atoms with Crippen LogP contribution in [0.15, 0.2) is 18.3 Å². The Morgan fingerprint density at radius 3 is 2.67 bits per heavy atom. The van der Waals surface area contributed by atoms with E-state index in [9.17, 15) is 9.59 Å². The van der Waals surface area contributed by atoms with Crippen molar-refractivity contribution in [3.05, 3.63) is 24.0 Å². The van der Waals surface area contributed by atoms with Gasteiger partial charge in [0.15, 0.2) is 0 Å². The molecule has 6 heteroatoms. The Labute approximate surface area is 125 Å². The van der Waals surface area contributed by atoms with Crippen LogP contribution in [0.25, 0.3) is 0 Å². The molecule has 6 nitrogen and oxygen atoms in total. The zero-order valence-electron chi connectivity index (χ0n) is 13.0. The quantitative estimate of drug-likeness (QED) is 0.758. The first kappa shape index (κ1) is 16.9. The number of pyridine rings is 1. The van der Waals surface area contributed by atoms with Crippen LogP contribution in [0.1, 0.15) is 43.1 Å². The Kier molecular flexibility index (Phi) is 7.21. The van der Waals surface area contributed by atoms with Gasteiger partial charge >= 0.3 is 6.03 Å². The number of rotatable bonds is 7. The average Bonchev–Trinajstić information content (AvgIpc) is 2.46. The van der Waals surface area contributed by atoms with Crippen molar-refractivity contribution >= 4 is 17.6 Å². The van der Waals surface area contributed by atoms with E-state index in [2.05, 4.69) is 22.5 Å². The zero-order valence-corrected chi connectivity index (χ0v) is 13.0. The molecule has 0 aliphatic rings. The van der Waals surface area contributed by atoms with E-state index in [1.165, 1.54) is 23.9 Å². The van der Waals surface area contributed by atoms with Crippen molar-refractivity contribution < 1.29 is 9.59 Å². The predicted molar refractivity (Wildman–Crippen MR) is 83.4 cm³/mol. The Bertz CT molecular complexity index is 474. The molecule has 116 valence electrons. The summed E-state index contributed by atoms with van der Waals surface area (Å²) >= 11 is 0.